The highest BCUT2D eigenvalue weighted by Crippen LogP contribution is 2.33. The van der Waals surface area contributed by atoms with Gasteiger partial charge in [0.1, 0.15) is 5.69 Å². The van der Waals surface area contributed by atoms with Crippen molar-refractivity contribution in [3.05, 3.63) is 58.6 Å². The van der Waals surface area contributed by atoms with Crippen molar-refractivity contribution in [3.8, 4) is 22.8 Å². The van der Waals surface area contributed by atoms with Crippen molar-refractivity contribution in [2.24, 2.45) is 0 Å². The average Bonchev–Trinajstić information content (AvgIpc) is 3.14. The molecule has 25 heavy (non-hydrogen) atoms. The second-order valence-electron chi connectivity index (χ2n) is 5.42. The molecule has 3 aromatic rings. The van der Waals surface area contributed by atoms with Crippen LogP contribution < -0.4 is 4.90 Å². The van der Waals surface area contributed by atoms with Crippen molar-refractivity contribution in [2.45, 2.75) is 13.8 Å². The summed E-state index contributed by atoms with van der Waals surface area (Å²) in [5, 5.41) is 15.4. The molecular weight excluding hydrogens is 320 g/mol. The van der Waals surface area contributed by atoms with Crippen molar-refractivity contribution in [2.75, 3.05) is 18.0 Å². The lowest BCUT2D eigenvalue weighted by Crippen LogP contribution is -2.22. The van der Waals surface area contributed by atoms with Crippen LogP contribution in [0.2, 0.25) is 0 Å². The van der Waals surface area contributed by atoms with Gasteiger partial charge in [-0.3, -0.25) is 10.1 Å². The van der Waals surface area contributed by atoms with Gasteiger partial charge in [0.15, 0.2) is 0 Å². The summed E-state index contributed by atoms with van der Waals surface area (Å²) in [6, 6.07) is 14.4. The minimum atomic E-state index is -0.383. The summed E-state index contributed by atoms with van der Waals surface area (Å²) < 4.78 is 5.30. The van der Waals surface area contributed by atoms with Gasteiger partial charge in [0, 0.05) is 30.3 Å². The summed E-state index contributed by atoms with van der Waals surface area (Å²) in [7, 11) is 0. The van der Waals surface area contributed by atoms with Crippen LogP contribution in [0.15, 0.2) is 53.1 Å². The number of hydrogen-bond donors (Lipinski definition) is 0. The van der Waals surface area contributed by atoms with Crippen LogP contribution in [-0.2, 0) is 0 Å². The van der Waals surface area contributed by atoms with Crippen molar-refractivity contribution in [1.82, 2.24) is 10.1 Å². The first-order valence-electron chi connectivity index (χ1n) is 8.07. The molecule has 0 fully saturated rings. The summed E-state index contributed by atoms with van der Waals surface area (Å²) in [4.78, 5) is 17.4. The quantitative estimate of drug-likeness (QED) is 0.495. The molecule has 1 heterocycles. The van der Waals surface area contributed by atoms with Crippen LogP contribution in [-0.4, -0.2) is 28.2 Å². The summed E-state index contributed by atoms with van der Waals surface area (Å²) in [6.07, 6.45) is 0. The lowest BCUT2D eigenvalue weighted by molar-refractivity contribution is -0.384. The Kier molecular flexibility index (Phi) is 4.74. The molecular formula is C18H18N4O3. The molecule has 2 aromatic carbocycles. The number of anilines is 1. The predicted molar refractivity (Wildman–Crippen MR) is 95.4 cm³/mol. The first kappa shape index (κ1) is 16.6. The number of nitro benzene ring substituents is 1. The minimum absolute atomic E-state index is 0.0284. The van der Waals surface area contributed by atoms with Crippen LogP contribution in [0, 0.1) is 10.1 Å². The van der Waals surface area contributed by atoms with E-state index in [9.17, 15) is 10.1 Å². The minimum Gasteiger partial charge on any atom is -0.367 e. The third-order valence-electron chi connectivity index (χ3n) is 3.98. The smallest absolute Gasteiger partial charge is 0.293 e. The van der Waals surface area contributed by atoms with Gasteiger partial charge in [-0.05, 0) is 26.0 Å². The van der Waals surface area contributed by atoms with E-state index < -0.39 is 0 Å². The highest BCUT2D eigenvalue weighted by molar-refractivity contribution is 5.71. The van der Waals surface area contributed by atoms with Crippen LogP contribution in [0.3, 0.4) is 0 Å². The average molecular weight is 338 g/mol. The van der Waals surface area contributed by atoms with Crippen LogP contribution in [0.5, 0.6) is 0 Å². The third-order valence-corrected chi connectivity index (χ3v) is 3.98. The molecule has 0 atom stereocenters. The van der Waals surface area contributed by atoms with Gasteiger partial charge in [0.2, 0.25) is 5.82 Å². The highest BCUT2D eigenvalue weighted by Gasteiger charge is 2.21. The Morgan fingerprint density at radius 2 is 1.80 bits per heavy atom. The summed E-state index contributed by atoms with van der Waals surface area (Å²) in [5.74, 6) is 0.708. The second kappa shape index (κ2) is 7.12. The van der Waals surface area contributed by atoms with E-state index in [1.54, 1.807) is 12.1 Å². The Morgan fingerprint density at radius 3 is 2.44 bits per heavy atom. The Morgan fingerprint density at radius 1 is 1.08 bits per heavy atom. The van der Waals surface area contributed by atoms with E-state index in [1.165, 1.54) is 6.07 Å². The largest absolute Gasteiger partial charge is 0.367 e. The molecule has 0 saturated carbocycles. The summed E-state index contributed by atoms with van der Waals surface area (Å²) >= 11 is 0. The van der Waals surface area contributed by atoms with Crippen molar-refractivity contribution in [1.29, 1.82) is 0 Å². The topological polar surface area (TPSA) is 85.3 Å². The fourth-order valence-corrected chi connectivity index (χ4v) is 2.68. The van der Waals surface area contributed by atoms with E-state index in [-0.39, 0.29) is 16.5 Å². The van der Waals surface area contributed by atoms with Crippen LogP contribution >= 0.6 is 0 Å². The molecule has 0 radical (unpaired) electrons. The van der Waals surface area contributed by atoms with Gasteiger partial charge in [0.25, 0.3) is 11.6 Å². The summed E-state index contributed by atoms with van der Waals surface area (Å²) in [6.45, 7) is 5.31. The monoisotopic (exact) mass is 338 g/mol. The molecule has 0 amide bonds. The molecule has 3 rings (SSSR count). The molecule has 0 spiro atoms. The van der Waals surface area contributed by atoms with E-state index in [4.69, 9.17) is 4.52 Å². The van der Waals surface area contributed by atoms with Crippen LogP contribution in [0.4, 0.5) is 11.4 Å². The molecule has 0 unspecified atom stereocenters. The summed E-state index contributed by atoms with van der Waals surface area (Å²) in [5.41, 5.74) is 1.96. The fraction of sp³-hybridized carbons (Fsp3) is 0.222. The molecule has 0 aliphatic carbocycles. The zero-order chi connectivity index (χ0) is 17.8. The molecule has 128 valence electrons. The zero-order valence-corrected chi connectivity index (χ0v) is 14.0. The van der Waals surface area contributed by atoms with Crippen molar-refractivity contribution >= 4 is 11.4 Å². The maximum Gasteiger partial charge on any atom is 0.293 e. The van der Waals surface area contributed by atoms with E-state index in [2.05, 4.69) is 10.1 Å². The normalized spacial score (nSPS) is 10.6. The standard InChI is InChI=1S/C18H18N4O3/c1-3-21(4-2)15-11-10-14(12-16(15)22(23)24)18-19-17(20-25-18)13-8-6-5-7-9-13/h5-12H,3-4H2,1-2H3. The van der Waals surface area contributed by atoms with Gasteiger partial charge < -0.3 is 9.42 Å². The molecule has 0 saturated heterocycles. The first-order valence-corrected chi connectivity index (χ1v) is 8.07. The number of benzene rings is 2. The number of aromatic nitrogens is 2. The number of nitrogens with zero attached hydrogens (tertiary/aromatic N) is 4. The van der Waals surface area contributed by atoms with E-state index >= 15 is 0 Å². The van der Waals surface area contributed by atoms with Gasteiger partial charge in [-0.2, -0.15) is 4.98 Å². The second-order valence-corrected chi connectivity index (χ2v) is 5.42. The molecule has 0 N–H and O–H groups in total. The Labute approximate surface area is 145 Å². The predicted octanol–water partition coefficient (Wildman–Crippen LogP) is 4.16. The maximum absolute atomic E-state index is 11.5. The van der Waals surface area contributed by atoms with Crippen molar-refractivity contribution < 1.29 is 9.45 Å². The molecule has 0 aliphatic heterocycles. The lowest BCUT2D eigenvalue weighted by Gasteiger charge is -2.20. The fourth-order valence-electron chi connectivity index (χ4n) is 2.68. The van der Waals surface area contributed by atoms with E-state index in [0.29, 0.717) is 30.2 Å². The van der Waals surface area contributed by atoms with E-state index in [0.717, 1.165) is 5.56 Å². The maximum atomic E-state index is 11.5. The molecule has 0 bridgehead atoms. The Hall–Kier alpha value is -3.22. The molecule has 7 nitrogen and oxygen atoms in total. The van der Waals surface area contributed by atoms with Gasteiger partial charge in [-0.15, -0.1) is 0 Å². The number of hydrogen-bond acceptors (Lipinski definition) is 6. The van der Waals surface area contributed by atoms with Gasteiger partial charge in [0.05, 0.1) is 4.92 Å². The molecule has 0 aliphatic rings. The van der Waals surface area contributed by atoms with Crippen LogP contribution in [0.1, 0.15) is 13.8 Å². The van der Waals surface area contributed by atoms with Crippen LogP contribution in [0.25, 0.3) is 22.8 Å². The highest BCUT2D eigenvalue weighted by atomic mass is 16.6. The Bertz CT molecular complexity index is 873. The lowest BCUT2D eigenvalue weighted by atomic mass is 10.1. The Balaban J connectivity index is 2.00. The SMILES string of the molecule is CCN(CC)c1ccc(-c2nc(-c3ccccc3)no2)cc1[N+](=O)[O-]. The molecule has 7 heteroatoms. The van der Waals surface area contributed by atoms with Crippen molar-refractivity contribution in [3.63, 3.8) is 0 Å². The number of nitro groups is 1. The van der Waals surface area contributed by atoms with Gasteiger partial charge >= 0.3 is 0 Å². The molecule has 1 aromatic heterocycles. The first-order chi connectivity index (χ1) is 12.1. The van der Waals surface area contributed by atoms with E-state index in [1.807, 2.05) is 49.1 Å². The van der Waals surface area contributed by atoms with Gasteiger partial charge in [-0.25, -0.2) is 0 Å². The van der Waals surface area contributed by atoms with Gasteiger partial charge in [-0.1, -0.05) is 35.5 Å². The third kappa shape index (κ3) is 3.35. The number of rotatable bonds is 6. The zero-order valence-electron chi connectivity index (χ0n) is 14.0.